The van der Waals surface area contributed by atoms with Gasteiger partial charge in [-0.25, -0.2) is 12.7 Å². The van der Waals surface area contributed by atoms with Gasteiger partial charge in [-0.15, -0.1) is 0 Å². The molecule has 0 saturated carbocycles. The zero-order valence-electron chi connectivity index (χ0n) is 10.1. The van der Waals surface area contributed by atoms with E-state index in [4.69, 9.17) is 11.6 Å². The molecule has 1 aromatic heterocycles. The molecule has 0 aromatic carbocycles. The molecular formula is C11H16ClN3O2S. The minimum atomic E-state index is -3.06. The van der Waals surface area contributed by atoms with E-state index in [-0.39, 0.29) is 6.04 Å². The molecule has 0 radical (unpaired) electrons. The van der Waals surface area contributed by atoms with Gasteiger partial charge in [0, 0.05) is 25.3 Å². The predicted molar refractivity (Wildman–Crippen MR) is 72.3 cm³/mol. The zero-order chi connectivity index (χ0) is 13.2. The molecule has 7 heteroatoms. The van der Waals surface area contributed by atoms with Gasteiger partial charge < -0.3 is 5.32 Å². The predicted octanol–water partition coefficient (Wildman–Crippen LogP) is 1.57. The summed E-state index contributed by atoms with van der Waals surface area (Å²) in [5.74, 6) is 0. The van der Waals surface area contributed by atoms with Gasteiger partial charge in [-0.3, -0.25) is 4.98 Å². The Morgan fingerprint density at radius 2 is 2.11 bits per heavy atom. The summed E-state index contributed by atoms with van der Waals surface area (Å²) in [5.41, 5.74) is 0.803. The highest BCUT2D eigenvalue weighted by Crippen LogP contribution is 2.23. The van der Waals surface area contributed by atoms with Crippen molar-refractivity contribution >= 4 is 27.3 Å². The van der Waals surface area contributed by atoms with E-state index in [1.807, 2.05) is 0 Å². The fraction of sp³-hybridized carbons (Fsp3) is 0.545. The Morgan fingerprint density at radius 3 is 2.67 bits per heavy atom. The molecule has 100 valence electrons. The quantitative estimate of drug-likeness (QED) is 0.917. The number of halogens is 1. The Kier molecular flexibility index (Phi) is 4.09. The first kappa shape index (κ1) is 13.6. The largest absolute Gasteiger partial charge is 0.380 e. The molecule has 1 N–H and O–H groups in total. The van der Waals surface area contributed by atoms with Gasteiger partial charge in [0.15, 0.2) is 0 Å². The number of piperidine rings is 1. The van der Waals surface area contributed by atoms with Crippen molar-refractivity contribution in [1.29, 1.82) is 0 Å². The summed E-state index contributed by atoms with van der Waals surface area (Å²) >= 11 is 6.04. The van der Waals surface area contributed by atoms with Crippen LogP contribution in [0.1, 0.15) is 12.8 Å². The number of hydrogen-bond acceptors (Lipinski definition) is 4. The van der Waals surface area contributed by atoms with E-state index >= 15 is 0 Å². The monoisotopic (exact) mass is 289 g/mol. The normalized spacial score (nSPS) is 18.8. The maximum atomic E-state index is 11.4. The maximum Gasteiger partial charge on any atom is 0.211 e. The average Bonchev–Trinajstić information content (AvgIpc) is 2.32. The van der Waals surface area contributed by atoms with Gasteiger partial charge in [0.2, 0.25) is 10.0 Å². The van der Waals surface area contributed by atoms with Gasteiger partial charge in [-0.05, 0) is 18.9 Å². The molecule has 0 aliphatic carbocycles. The molecule has 1 saturated heterocycles. The van der Waals surface area contributed by atoms with Gasteiger partial charge in [-0.2, -0.15) is 0 Å². The smallest absolute Gasteiger partial charge is 0.211 e. The minimum Gasteiger partial charge on any atom is -0.380 e. The molecule has 5 nitrogen and oxygen atoms in total. The van der Waals surface area contributed by atoms with E-state index in [0.29, 0.717) is 18.1 Å². The summed E-state index contributed by atoms with van der Waals surface area (Å²) in [6.07, 6.45) is 6.13. The second-order valence-electron chi connectivity index (χ2n) is 4.44. The van der Waals surface area contributed by atoms with Crippen LogP contribution in [0, 0.1) is 0 Å². The standard InChI is InChI=1S/C11H16ClN3O2S/c1-18(16,17)15-6-3-9(4-7-15)14-11-8-13-5-2-10(11)12/h2,5,8-9,14H,3-4,6-7H2,1H3. The summed E-state index contributed by atoms with van der Waals surface area (Å²) in [7, 11) is -3.06. The zero-order valence-corrected chi connectivity index (χ0v) is 11.7. The van der Waals surface area contributed by atoms with Crippen molar-refractivity contribution in [3.8, 4) is 0 Å². The average molecular weight is 290 g/mol. The fourth-order valence-electron chi connectivity index (χ4n) is 2.04. The van der Waals surface area contributed by atoms with Crippen LogP contribution in [0.5, 0.6) is 0 Å². The number of anilines is 1. The molecule has 18 heavy (non-hydrogen) atoms. The highest BCUT2D eigenvalue weighted by Gasteiger charge is 2.24. The molecule has 0 unspecified atom stereocenters. The number of hydrogen-bond donors (Lipinski definition) is 1. The summed E-state index contributed by atoms with van der Waals surface area (Å²) in [5, 5.41) is 3.94. The van der Waals surface area contributed by atoms with Crippen molar-refractivity contribution in [2.75, 3.05) is 24.7 Å². The molecule has 1 aliphatic rings. The third kappa shape index (κ3) is 3.34. The van der Waals surface area contributed by atoms with Crippen LogP contribution in [-0.4, -0.2) is 43.1 Å². The number of sulfonamides is 1. The summed E-state index contributed by atoms with van der Waals surface area (Å²) in [6, 6.07) is 1.97. The van der Waals surface area contributed by atoms with Crippen molar-refractivity contribution < 1.29 is 8.42 Å². The first-order valence-corrected chi connectivity index (χ1v) is 8.00. The molecule has 0 atom stereocenters. The molecule has 0 bridgehead atoms. The van der Waals surface area contributed by atoms with Crippen LogP contribution in [0.2, 0.25) is 5.02 Å². The third-order valence-electron chi connectivity index (χ3n) is 3.05. The van der Waals surface area contributed by atoms with Crippen LogP contribution in [0.3, 0.4) is 0 Å². The van der Waals surface area contributed by atoms with Crippen molar-refractivity contribution in [2.45, 2.75) is 18.9 Å². The molecular weight excluding hydrogens is 274 g/mol. The first-order chi connectivity index (χ1) is 8.47. The van der Waals surface area contributed by atoms with Crippen molar-refractivity contribution in [3.63, 3.8) is 0 Å². The number of aromatic nitrogens is 1. The van der Waals surface area contributed by atoms with E-state index in [1.54, 1.807) is 18.5 Å². The van der Waals surface area contributed by atoms with E-state index in [2.05, 4.69) is 10.3 Å². The van der Waals surface area contributed by atoms with Crippen LogP contribution < -0.4 is 5.32 Å². The second kappa shape index (κ2) is 5.42. The van der Waals surface area contributed by atoms with Crippen molar-refractivity contribution in [2.24, 2.45) is 0 Å². The van der Waals surface area contributed by atoms with Gasteiger partial charge in [-0.1, -0.05) is 11.6 Å². The van der Waals surface area contributed by atoms with Gasteiger partial charge >= 0.3 is 0 Å². The lowest BCUT2D eigenvalue weighted by Gasteiger charge is -2.31. The lowest BCUT2D eigenvalue weighted by Crippen LogP contribution is -2.41. The number of nitrogens with zero attached hydrogens (tertiary/aromatic N) is 2. The summed E-state index contributed by atoms with van der Waals surface area (Å²) in [6.45, 7) is 1.10. The van der Waals surface area contributed by atoms with Gasteiger partial charge in [0.1, 0.15) is 0 Å². The van der Waals surface area contributed by atoms with E-state index < -0.39 is 10.0 Å². The summed E-state index contributed by atoms with van der Waals surface area (Å²) in [4.78, 5) is 4.01. The van der Waals surface area contributed by atoms with Crippen molar-refractivity contribution in [3.05, 3.63) is 23.5 Å². The topological polar surface area (TPSA) is 62.3 Å². The highest BCUT2D eigenvalue weighted by atomic mass is 35.5. The number of pyridine rings is 1. The lowest BCUT2D eigenvalue weighted by atomic mass is 10.1. The third-order valence-corrected chi connectivity index (χ3v) is 4.68. The number of nitrogens with one attached hydrogen (secondary N) is 1. The molecule has 1 aromatic rings. The fourth-order valence-corrected chi connectivity index (χ4v) is 3.07. The molecule has 1 fully saturated rings. The Balaban J connectivity index is 1.94. The van der Waals surface area contributed by atoms with Gasteiger partial charge in [0.05, 0.1) is 23.2 Å². The van der Waals surface area contributed by atoms with Crippen LogP contribution >= 0.6 is 11.6 Å². The van der Waals surface area contributed by atoms with E-state index in [9.17, 15) is 8.42 Å². The second-order valence-corrected chi connectivity index (χ2v) is 6.83. The molecule has 1 aliphatic heterocycles. The van der Waals surface area contributed by atoms with Crippen LogP contribution in [0.25, 0.3) is 0 Å². The van der Waals surface area contributed by atoms with Crippen LogP contribution in [0.15, 0.2) is 18.5 Å². The van der Waals surface area contributed by atoms with Crippen molar-refractivity contribution in [1.82, 2.24) is 9.29 Å². The van der Waals surface area contributed by atoms with Crippen LogP contribution in [-0.2, 0) is 10.0 Å². The molecule has 0 amide bonds. The van der Waals surface area contributed by atoms with Gasteiger partial charge in [0.25, 0.3) is 0 Å². The van der Waals surface area contributed by atoms with E-state index in [1.165, 1.54) is 10.6 Å². The minimum absolute atomic E-state index is 0.240. The molecule has 2 rings (SSSR count). The summed E-state index contributed by atoms with van der Waals surface area (Å²) < 4.78 is 24.3. The highest BCUT2D eigenvalue weighted by molar-refractivity contribution is 7.88. The Labute approximate surface area is 112 Å². The maximum absolute atomic E-state index is 11.4. The Bertz CT molecular complexity index is 513. The van der Waals surface area contributed by atoms with E-state index in [0.717, 1.165) is 18.5 Å². The molecule has 2 heterocycles. The Morgan fingerprint density at radius 1 is 1.44 bits per heavy atom. The first-order valence-electron chi connectivity index (χ1n) is 5.78. The molecule has 0 spiro atoms. The SMILES string of the molecule is CS(=O)(=O)N1CCC(Nc2cnccc2Cl)CC1. The number of rotatable bonds is 3. The Hall–Kier alpha value is -0.850. The van der Waals surface area contributed by atoms with Crippen LogP contribution in [0.4, 0.5) is 5.69 Å². The lowest BCUT2D eigenvalue weighted by molar-refractivity contribution is 0.332.